The number of aryl methyl sites for hydroxylation is 2. The summed E-state index contributed by atoms with van der Waals surface area (Å²) in [4.78, 5) is 28.3. The Kier molecular flexibility index (Phi) is 6.44. The average molecular weight is 507 g/mol. The van der Waals surface area contributed by atoms with E-state index >= 15 is 0 Å². The van der Waals surface area contributed by atoms with Crippen LogP contribution in [0.4, 0.5) is 5.82 Å². The molecule has 4 aromatic heterocycles. The van der Waals surface area contributed by atoms with E-state index in [0.717, 1.165) is 39.7 Å². The van der Waals surface area contributed by atoms with Crippen LogP contribution in [0.15, 0.2) is 90.2 Å². The molecule has 0 atom stereocenters. The van der Waals surface area contributed by atoms with Crippen LogP contribution in [-0.2, 0) is 13.5 Å². The van der Waals surface area contributed by atoms with Crippen molar-refractivity contribution in [3.05, 3.63) is 107 Å². The second kappa shape index (κ2) is 10.0. The summed E-state index contributed by atoms with van der Waals surface area (Å²) in [5.74, 6) is -0.516. The third-order valence-corrected chi connectivity index (χ3v) is 6.18. The molecule has 2 aromatic carbocycles. The Morgan fingerprint density at radius 3 is 2.53 bits per heavy atom. The zero-order valence-electron chi connectivity index (χ0n) is 20.9. The summed E-state index contributed by atoms with van der Waals surface area (Å²) in [7, 11) is 1.88. The maximum Gasteiger partial charge on any atom is 0.263 e. The van der Waals surface area contributed by atoms with E-state index in [2.05, 4.69) is 28.2 Å². The molecule has 190 valence electrons. The van der Waals surface area contributed by atoms with E-state index in [4.69, 9.17) is 11.5 Å². The summed E-state index contributed by atoms with van der Waals surface area (Å²) < 4.78 is 4.99. The summed E-state index contributed by atoms with van der Waals surface area (Å²) in [5, 5.41) is 9.82. The predicted octanol–water partition coefficient (Wildman–Crippen LogP) is 3.36. The number of pyridine rings is 1. The van der Waals surface area contributed by atoms with Crippen molar-refractivity contribution in [2.45, 2.75) is 13.3 Å². The van der Waals surface area contributed by atoms with E-state index in [9.17, 15) is 9.59 Å². The molecule has 6 rings (SSSR count). The molecule has 4 N–H and O–H groups in total. The zero-order chi connectivity index (χ0) is 26.8. The molecule has 4 heterocycles. The third-order valence-electron chi connectivity index (χ3n) is 6.18. The Hall–Kier alpha value is -5.25. The van der Waals surface area contributed by atoms with Crippen molar-refractivity contribution in [2.24, 2.45) is 12.8 Å². The van der Waals surface area contributed by atoms with Gasteiger partial charge in [0.05, 0.1) is 11.6 Å². The van der Waals surface area contributed by atoms with Crippen molar-refractivity contribution < 1.29 is 4.79 Å². The third kappa shape index (κ3) is 4.39. The molecule has 0 saturated heterocycles. The number of para-hydroxylation sites is 1. The van der Waals surface area contributed by atoms with Crippen molar-refractivity contribution in [2.75, 3.05) is 5.73 Å². The van der Waals surface area contributed by atoms with E-state index in [0.29, 0.717) is 5.65 Å². The van der Waals surface area contributed by atoms with Crippen LogP contribution < -0.4 is 17.0 Å². The lowest BCUT2D eigenvalue weighted by atomic mass is 10.0. The van der Waals surface area contributed by atoms with Crippen molar-refractivity contribution in [3.63, 3.8) is 0 Å². The number of amides is 1. The minimum absolute atomic E-state index is 0.0139. The molecule has 0 saturated carbocycles. The van der Waals surface area contributed by atoms with Gasteiger partial charge in [-0.3, -0.25) is 18.8 Å². The minimum atomic E-state index is -0.619. The monoisotopic (exact) mass is 506 g/mol. The SMILES string of the molecule is CCc1cc2cccc(-c3cnn(C)c3)c2c(=O)n1-c1ccccc1.NC(=O)c1c(N)nn2cccnc12. The number of primary amides is 1. The first-order valence-corrected chi connectivity index (χ1v) is 12.0. The number of hydrogen-bond donors (Lipinski definition) is 2. The molecular formula is C28H26N8O2. The second-order valence-corrected chi connectivity index (χ2v) is 8.65. The molecule has 38 heavy (non-hydrogen) atoms. The topological polar surface area (TPSA) is 139 Å². The van der Waals surface area contributed by atoms with Gasteiger partial charge in [0, 0.05) is 42.6 Å². The molecule has 10 heteroatoms. The first kappa shape index (κ1) is 24.4. The van der Waals surface area contributed by atoms with Gasteiger partial charge in [-0.05, 0) is 41.6 Å². The number of anilines is 1. The highest BCUT2D eigenvalue weighted by Crippen LogP contribution is 2.27. The van der Waals surface area contributed by atoms with E-state index < -0.39 is 5.91 Å². The summed E-state index contributed by atoms with van der Waals surface area (Å²) in [6, 6.07) is 19.6. The van der Waals surface area contributed by atoms with Crippen LogP contribution in [0, 0.1) is 0 Å². The molecule has 0 radical (unpaired) electrons. The number of carbonyl (C=O) groups excluding carboxylic acids is 1. The molecule has 0 spiro atoms. The van der Waals surface area contributed by atoms with Gasteiger partial charge in [0.25, 0.3) is 11.5 Å². The highest BCUT2D eigenvalue weighted by molar-refractivity contribution is 6.03. The Labute approximate surface area is 217 Å². The van der Waals surface area contributed by atoms with Crippen molar-refractivity contribution in [3.8, 4) is 16.8 Å². The number of carbonyl (C=O) groups is 1. The number of nitrogens with zero attached hydrogens (tertiary/aromatic N) is 6. The average Bonchev–Trinajstić information content (AvgIpc) is 3.51. The highest BCUT2D eigenvalue weighted by atomic mass is 16.1. The van der Waals surface area contributed by atoms with Crippen LogP contribution in [0.2, 0.25) is 0 Å². The molecule has 10 nitrogen and oxygen atoms in total. The summed E-state index contributed by atoms with van der Waals surface area (Å²) in [5.41, 5.74) is 14.9. The number of hydrogen-bond acceptors (Lipinski definition) is 6. The number of nitrogens with two attached hydrogens (primary N) is 2. The maximum absolute atomic E-state index is 13.4. The van der Waals surface area contributed by atoms with Crippen LogP contribution in [0.1, 0.15) is 23.0 Å². The molecule has 0 aliphatic heterocycles. The van der Waals surface area contributed by atoms with Gasteiger partial charge in [-0.1, -0.05) is 43.3 Å². The van der Waals surface area contributed by atoms with Gasteiger partial charge in [0.1, 0.15) is 5.56 Å². The number of benzene rings is 2. The Bertz CT molecular complexity index is 1830. The molecule has 6 aromatic rings. The number of rotatable bonds is 4. The molecule has 0 fully saturated rings. The second-order valence-electron chi connectivity index (χ2n) is 8.65. The first-order valence-electron chi connectivity index (χ1n) is 12.0. The van der Waals surface area contributed by atoms with Gasteiger partial charge in [-0.15, -0.1) is 5.10 Å². The minimum Gasteiger partial charge on any atom is -0.381 e. The Morgan fingerprint density at radius 2 is 1.84 bits per heavy atom. The van der Waals surface area contributed by atoms with Crippen LogP contribution in [-0.4, -0.2) is 34.9 Å². The van der Waals surface area contributed by atoms with Crippen LogP contribution >= 0.6 is 0 Å². The first-order chi connectivity index (χ1) is 18.4. The molecule has 0 aliphatic carbocycles. The fraction of sp³-hybridized carbons (Fsp3) is 0.107. The number of fused-ring (bicyclic) bond motifs is 2. The van der Waals surface area contributed by atoms with Gasteiger partial charge in [-0.2, -0.15) is 5.10 Å². The van der Waals surface area contributed by atoms with Gasteiger partial charge >= 0.3 is 0 Å². The van der Waals surface area contributed by atoms with E-state index in [1.54, 1.807) is 29.3 Å². The number of nitrogen functional groups attached to an aromatic ring is 1. The zero-order valence-corrected chi connectivity index (χ0v) is 20.9. The molecule has 0 aliphatic rings. The van der Waals surface area contributed by atoms with Crippen molar-refractivity contribution >= 4 is 28.1 Å². The van der Waals surface area contributed by atoms with Crippen molar-refractivity contribution in [1.82, 2.24) is 28.9 Å². The smallest absolute Gasteiger partial charge is 0.263 e. The normalized spacial score (nSPS) is 10.9. The molecule has 0 bridgehead atoms. The fourth-order valence-electron chi connectivity index (χ4n) is 4.48. The number of aromatic nitrogens is 6. The predicted molar refractivity (Wildman–Crippen MR) is 147 cm³/mol. The molecule has 1 amide bonds. The summed E-state index contributed by atoms with van der Waals surface area (Å²) >= 11 is 0. The van der Waals surface area contributed by atoms with Gasteiger partial charge in [-0.25, -0.2) is 9.50 Å². The van der Waals surface area contributed by atoms with Crippen LogP contribution in [0.25, 0.3) is 33.2 Å². The van der Waals surface area contributed by atoms with Gasteiger partial charge in [0.15, 0.2) is 11.5 Å². The van der Waals surface area contributed by atoms with E-state index in [-0.39, 0.29) is 16.9 Å². The van der Waals surface area contributed by atoms with E-state index in [1.807, 2.05) is 66.3 Å². The maximum atomic E-state index is 13.4. The summed E-state index contributed by atoms with van der Waals surface area (Å²) in [6.07, 6.45) is 7.72. The van der Waals surface area contributed by atoms with Gasteiger partial charge < -0.3 is 11.5 Å². The molecular weight excluding hydrogens is 480 g/mol. The standard InChI is InChI=1S/C21H19N3O.C7H7N5O/c1-3-17-12-15-8-7-11-19(16-13-22-23(2)14-16)20(15)21(25)24(17)18-9-5-4-6-10-18;8-5-4(6(9)13)7-10-2-1-3-12(7)11-5/h4-14H,3H2,1-2H3;1-3H,(H2,8,11)(H2,9,13). The highest BCUT2D eigenvalue weighted by Gasteiger charge is 2.16. The fourth-order valence-corrected chi connectivity index (χ4v) is 4.48. The van der Waals surface area contributed by atoms with Crippen LogP contribution in [0.5, 0.6) is 0 Å². The van der Waals surface area contributed by atoms with Crippen LogP contribution in [0.3, 0.4) is 0 Å². The molecule has 0 unspecified atom stereocenters. The van der Waals surface area contributed by atoms with Gasteiger partial charge in [0.2, 0.25) is 0 Å². The lowest BCUT2D eigenvalue weighted by molar-refractivity contribution is 0.100. The lowest BCUT2D eigenvalue weighted by Crippen LogP contribution is -2.22. The van der Waals surface area contributed by atoms with E-state index in [1.165, 1.54) is 4.52 Å². The Morgan fingerprint density at radius 1 is 1.05 bits per heavy atom. The summed E-state index contributed by atoms with van der Waals surface area (Å²) in [6.45, 7) is 2.07. The largest absolute Gasteiger partial charge is 0.381 e. The van der Waals surface area contributed by atoms with Crippen molar-refractivity contribution in [1.29, 1.82) is 0 Å². The quantitative estimate of drug-likeness (QED) is 0.376. The Balaban J connectivity index is 0.000000190. The lowest BCUT2D eigenvalue weighted by Gasteiger charge is -2.15.